The number of isocyanates is 1. The summed E-state index contributed by atoms with van der Waals surface area (Å²) in [5, 5.41) is 8.98. The molecule has 4 heteroatoms. The minimum absolute atomic E-state index is 0.241. The summed E-state index contributed by atoms with van der Waals surface area (Å²) >= 11 is 0. The van der Waals surface area contributed by atoms with Crippen molar-refractivity contribution in [2.75, 3.05) is 0 Å². The van der Waals surface area contributed by atoms with Gasteiger partial charge < -0.3 is 5.11 Å². The summed E-state index contributed by atoms with van der Waals surface area (Å²) in [6, 6.07) is 4.51. The first-order valence-electron chi connectivity index (χ1n) is 5.21. The van der Waals surface area contributed by atoms with Crippen molar-refractivity contribution < 1.29 is 14.3 Å². The van der Waals surface area contributed by atoms with Gasteiger partial charge in [-0.2, -0.15) is 4.99 Å². The summed E-state index contributed by atoms with van der Waals surface area (Å²) < 4.78 is 13.2. The van der Waals surface area contributed by atoms with Gasteiger partial charge >= 0.3 is 0 Å². The second kappa shape index (κ2) is 4.16. The van der Waals surface area contributed by atoms with Gasteiger partial charge in [0.2, 0.25) is 6.08 Å². The zero-order valence-corrected chi connectivity index (χ0v) is 8.74. The predicted molar refractivity (Wildman–Crippen MR) is 56.0 cm³/mol. The number of aliphatic hydroxyl groups excluding tert-OH is 1. The topological polar surface area (TPSA) is 49.7 Å². The molecule has 1 fully saturated rings. The predicted octanol–water partition coefficient (Wildman–Crippen LogP) is 2.03. The molecule has 0 aliphatic heterocycles. The first kappa shape index (κ1) is 11.0. The molecule has 1 aromatic carbocycles. The van der Waals surface area contributed by atoms with Crippen LogP contribution in [0.5, 0.6) is 0 Å². The third kappa shape index (κ3) is 1.66. The fraction of sp³-hybridized carbons (Fsp3) is 0.417. The number of benzene rings is 1. The molecule has 0 amide bonds. The minimum Gasteiger partial charge on any atom is -0.392 e. The van der Waals surface area contributed by atoms with E-state index in [2.05, 4.69) is 4.99 Å². The van der Waals surface area contributed by atoms with E-state index >= 15 is 0 Å². The van der Waals surface area contributed by atoms with E-state index in [0.717, 1.165) is 24.8 Å². The molecule has 1 N–H and O–H groups in total. The molecule has 1 aliphatic rings. The summed E-state index contributed by atoms with van der Waals surface area (Å²) in [7, 11) is 0. The van der Waals surface area contributed by atoms with E-state index < -0.39 is 11.4 Å². The average Bonchev–Trinajstić information content (AvgIpc) is 2.24. The molecule has 0 heterocycles. The van der Waals surface area contributed by atoms with Gasteiger partial charge in [-0.1, -0.05) is 6.07 Å². The van der Waals surface area contributed by atoms with E-state index in [9.17, 15) is 9.18 Å². The van der Waals surface area contributed by atoms with Crippen LogP contribution in [0.3, 0.4) is 0 Å². The second-order valence-corrected chi connectivity index (χ2v) is 4.05. The average molecular weight is 221 g/mol. The second-order valence-electron chi connectivity index (χ2n) is 4.05. The normalized spacial score (nSPS) is 17.4. The van der Waals surface area contributed by atoms with Gasteiger partial charge in [0.1, 0.15) is 5.82 Å². The minimum atomic E-state index is -0.528. The fourth-order valence-electron chi connectivity index (χ4n) is 2.05. The van der Waals surface area contributed by atoms with Crippen molar-refractivity contribution >= 4 is 6.08 Å². The summed E-state index contributed by atoms with van der Waals surface area (Å²) in [5.74, 6) is -0.434. The first-order valence-corrected chi connectivity index (χ1v) is 5.21. The van der Waals surface area contributed by atoms with Crippen LogP contribution in [0.1, 0.15) is 30.4 Å². The number of hydrogen-bond donors (Lipinski definition) is 1. The molecule has 0 spiro atoms. The number of aliphatic hydroxyl groups is 1. The summed E-state index contributed by atoms with van der Waals surface area (Å²) in [4.78, 5) is 14.2. The van der Waals surface area contributed by atoms with Gasteiger partial charge in [-0.25, -0.2) is 9.18 Å². The van der Waals surface area contributed by atoms with Crippen LogP contribution < -0.4 is 0 Å². The monoisotopic (exact) mass is 221 g/mol. The first-order chi connectivity index (χ1) is 7.72. The van der Waals surface area contributed by atoms with Crippen molar-refractivity contribution in [1.29, 1.82) is 0 Å². The van der Waals surface area contributed by atoms with Crippen molar-refractivity contribution in [1.82, 2.24) is 0 Å². The lowest BCUT2D eigenvalue weighted by Gasteiger charge is -2.37. The smallest absolute Gasteiger partial charge is 0.235 e. The Bertz CT molecular complexity index is 448. The highest BCUT2D eigenvalue weighted by atomic mass is 19.1. The van der Waals surface area contributed by atoms with Gasteiger partial charge in [0, 0.05) is 5.56 Å². The highest BCUT2D eigenvalue weighted by molar-refractivity contribution is 5.40. The van der Waals surface area contributed by atoms with Gasteiger partial charge in [0.25, 0.3) is 0 Å². The molecule has 84 valence electrons. The van der Waals surface area contributed by atoms with Crippen LogP contribution in [0.2, 0.25) is 0 Å². The molecule has 0 atom stereocenters. The van der Waals surface area contributed by atoms with Crippen LogP contribution in [-0.2, 0) is 16.9 Å². The third-order valence-electron chi connectivity index (χ3n) is 3.19. The van der Waals surface area contributed by atoms with E-state index in [-0.39, 0.29) is 12.2 Å². The molecule has 0 saturated heterocycles. The number of carbonyl (C=O) groups excluding carboxylic acids is 1. The van der Waals surface area contributed by atoms with E-state index in [4.69, 9.17) is 5.11 Å². The Kier molecular flexibility index (Phi) is 2.86. The summed E-state index contributed by atoms with van der Waals surface area (Å²) in [6.45, 7) is -0.347. The Hall–Kier alpha value is -1.51. The molecule has 0 bridgehead atoms. The molecule has 0 aromatic heterocycles. The van der Waals surface area contributed by atoms with Crippen molar-refractivity contribution in [3.05, 3.63) is 35.1 Å². The zero-order valence-electron chi connectivity index (χ0n) is 8.74. The molecule has 0 unspecified atom stereocenters. The number of halogens is 1. The molecule has 1 saturated carbocycles. The van der Waals surface area contributed by atoms with E-state index in [0.29, 0.717) is 0 Å². The van der Waals surface area contributed by atoms with Crippen molar-refractivity contribution in [2.45, 2.75) is 31.4 Å². The highest BCUT2D eigenvalue weighted by Gasteiger charge is 2.39. The number of nitrogens with zero attached hydrogens (tertiary/aromatic N) is 1. The summed E-state index contributed by atoms with van der Waals surface area (Å²) in [5.41, 5.74) is 0.497. The largest absolute Gasteiger partial charge is 0.392 e. The van der Waals surface area contributed by atoms with Crippen LogP contribution in [-0.4, -0.2) is 11.2 Å². The van der Waals surface area contributed by atoms with Crippen molar-refractivity contribution in [3.63, 3.8) is 0 Å². The van der Waals surface area contributed by atoms with Crippen LogP contribution in [0.25, 0.3) is 0 Å². The van der Waals surface area contributed by atoms with E-state index in [1.165, 1.54) is 6.07 Å². The van der Waals surface area contributed by atoms with Crippen LogP contribution in [0.4, 0.5) is 4.39 Å². The van der Waals surface area contributed by atoms with Gasteiger partial charge in [-0.05, 0) is 37.0 Å². The van der Waals surface area contributed by atoms with Crippen LogP contribution >= 0.6 is 0 Å². The van der Waals surface area contributed by atoms with Crippen molar-refractivity contribution in [3.8, 4) is 0 Å². The molecule has 0 radical (unpaired) electrons. The Labute approximate surface area is 92.6 Å². The molecule has 2 rings (SSSR count). The number of rotatable bonds is 3. The lowest BCUT2D eigenvalue weighted by molar-refractivity contribution is 0.252. The maximum Gasteiger partial charge on any atom is 0.235 e. The van der Waals surface area contributed by atoms with Gasteiger partial charge in [0.15, 0.2) is 0 Å². The fourth-order valence-corrected chi connectivity index (χ4v) is 2.05. The van der Waals surface area contributed by atoms with Crippen LogP contribution in [0.15, 0.2) is 23.2 Å². The Morgan fingerprint density at radius 2 is 2.25 bits per heavy atom. The van der Waals surface area contributed by atoms with Gasteiger partial charge in [-0.15, -0.1) is 0 Å². The van der Waals surface area contributed by atoms with E-state index in [1.54, 1.807) is 18.2 Å². The SMILES string of the molecule is O=C=NC1(c2ccc(F)c(CO)c2)CCC1. The standard InChI is InChI=1S/C12H12FNO2/c13-11-3-2-10(6-9(11)7-15)12(14-8-16)4-1-5-12/h2-3,6,15H,1,4-5,7H2. The Balaban J connectivity index is 2.43. The third-order valence-corrected chi connectivity index (χ3v) is 3.19. The molecule has 1 aromatic rings. The molecule has 3 nitrogen and oxygen atoms in total. The molecule has 16 heavy (non-hydrogen) atoms. The van der Waals surface area contributed by atoms with Crippen LogP contribution in [0, 0.1) is 5.82 Å². The number of aliphatic imine (C=N–C) groups is 1. The van der Waals surface area contributed by atoms with Crippen molar-refractivity contribution in [2.24, 2.45) is 4.99 Å². The molecular formula is C12H12FNO2. The summed E-state index contributed by atoms with van der Waals surface area (Å²) in [6.07, 6.45) is 4.13. The molecular weight excluding hydrogens is 209 g/mol. The maximum atomic E-state index is 13.2. The number of hydrogen-bond acceptors (Lipinski definition) is 3. The highest BCUT2D eigenvalue weighted by Crippen LogP contribution is 2.44. The van der Waals surface area contributed by atoms with Gasteiger partial charge in [-0.3, -0.25) is 0 Å². The zero-order chi connectivity index (χ0) is 11.6. The molecule has 1 aliphatic carbocycles. The lowest BCUT2D eigenvalue weighted by atomic mass is 9.72. The van der Waals surface area contributed by atoms with E-state index in [1.807, 2.05) is 0 Å². The Morgan fingerprint density at radius 3 is 2.75 bits per heavy atom. The lowest BCUT2D eigenvalue weighted by Crippen LogP contribution is -2.32. The van der Waals surface area contributed by atoms with Gasteiger partial charge in [0.05, 0.1) is 12.1 Å². The quantitative estimate of drug-likeness (QED) is 0.627. The Morgan fingerprint density at radius 1 is 1.50 bits per heavy atom. The maximum absolute atomic E-state index is 13.2.